The van der Waals surface area contributed by atoms with Crippen LogP contribution in [0.4, 0.5) is 0 Å². The summed E-state index contributed by atoms with van der Waals surface area (Å²) in [6, 6.07) is 8.84. The van der Waals surface area contributed by atoms with Crippen LogP contribution in [0.25, 0.3) is 0 Å². The van der Waals surface area contributed by atoms with Gasteiger partial charge in [-0.1, -0.05) is 38.1 Å². The zero-order valence-electron chi connectivity index (χ0n) is 14.9. The second kappa shape index (κ2) is 7.42. The molecule has 120 valence electrons. The molecule has 0 spiro atoms. The van der Waals surface area contributed by atoms with E-state index < -0.39 is 0 Å². The molecule has 2 nitrogen and oxygen atoms in total. The van der Waals surface area contributed by atoms with Crippen LogP contribution in [0.5, 0.6) is 0 Å². The van der Waals surface area contributed by atoms with Crippen LogP contribution in [0, 0.1) is 0 Å². The van der Waals surface area contributed by atoms with Gasteiger partial charge in [0, 0.05) is 12.1 Å². The van der Waals surface area contributed by atoms with Crippen molar-refractivity contribution in [2.45, 2.75) is 78.6 Å². The number of rotatable bonds is 7. The van der Waals surface area contributed by atoms with Gasteiger partial charge in [0.25, 0.3) is 0 Å². The SMILES string of the molecule is CCC(C)(C)OCc1ccc(C(C)CNC(C)(C)C)cc1. The van der Waals surface area contributed by atoms with Crippen LogP contribution in [0.15, 0.2) is 24.3 Å². The van der Waals surface area contributed by atoms with E-state index >= 15 is 0 Å². The number of benzene rings is 1. The Morgan fingerprint density at radius 1 is 1.05 bits per heavy atom. The molecular formula is C19H33NO. The molecule has 0 aliphatic rings. The minimum absolute atomic E-state index is 0.0391. The molecule has 0 radical (unpaired) electrons. The van der Waals surface area contributed by atoms with Crippen LogP contribution >= 0.6 is 0 Å². The summed E-state index contributed by atoms with van der Waals surface area (Å²) in [6.45, 7) is 17.0. The highest BCUT2D eigenvalue weighted by molar-refractivity contribution is 5.25. The fourth-order valence-electron chi connectivity index (χ4n) is 1.90. The van der Waals surface area contributed by atoms with Gasteiger partial charge in [0.15, 0.2) is 0 Å². The lowest BCUT2D eigenvalue weighted by molar-refractivity contribution is -0.0316. The number of hydrogen-bond acceptors (Lipinski definition) is 2. The van der Waals surface area contributed by atoms with Crippen LogP contribution in [0.3, 0.4) is 0 Å². The van der Waals surface area contributed by atoms with Gasteiger partial charge in [-0.25, -0.2) is 0 Å². The smallest absolute Gasteiger partial charge is 0.0724 e. The first-order valence-corrected chi connectivity index (χ1v) is 8.11. The van der Waals surface area contributed by atoms with E-state index in [0.717, 1.165) is 13.0 Å². The molecule has 0 bridgehead atoms. The maximum atomic E-state index is 5.94. The molecule has 2 heteroatoms. The summed E-state index contributed by atoms with van der Waals surface area (Å²) in [5.41, 5.74) is 2.76. The lowest BCUT2D eigenvalue weighted by atomic mass is 9.98. The Morgan fingerprint density at radius 2 is 1.62 bits per heavy atom. The van der Waals surface area contributed by atoms with Crippen LogP contribution in [-0.4, -0.2) is 17.7 Å². The van der Waals surface area contributed by atoms with Crippen molar-refractivity contribution in [3.8, 4) is 0 Å². The van der Waals surface area contributed by atoms with E-state index in [0.29, 0.717) is 12.5 Å². The van der Waals surface area contributed by atoms with Crippen molar-refractivity contribution in [2.24, 2.45) is 0 Å². The Kier molecular flexibility index (Phi) is 6.42. The summed E-state index contributed by atoms with van der Waals surface area (Å²) in [5, 5.41) is 3.56. The summed E-state index contributed by atoms with van der Waals surface area (Å²) in [5.74, 6) is 0.520. The van der Waals surface area contributed by atoms with Crippen LogP contribution in [0.2, 0.25) is 0 Å². The highest BCUT2D eigenvalue weighted by Crippen LogP contribution is 2.19. The van der Waals surface area contributed by atoms with E-state index in [1.807, 2.05) is 0 Å². The van der Waals surface area contributed by atoms with E-state index in [1.165, 1.54) is 11.1 Å². The first-order chi connectivity index (χ1) is 9.63. The molecule has 1 atom stereocenters. The molecule has 0 heterocycles. The fraction of sp³-hybridized carbons (Fsp3) is 0.684. The van der Waals surface area contributed by atoms with E-state index in [9.17, 15) is 0 Å². The third-order valence-electron chi connectivity index (χ3n) is 3.97. The van der Waals surface area contributed by atoms with Crippen molar-refractivity contribution in [1.29, 1.82) is 0 Å². The second-order valence-electron chi connectivity index (χ2n) is 7.68. The van der Waals surface area contributed by atoms with Gasteiger partial charge in [0.05, 0.1) is 12.2 Å². The molecule has 1 N–H and O–H groups in total. The molecule has 0 aromatic heterocycles. The minimum Gasteiger partial charge on any atom is -0.371 e. The highest BCUT2D eigenvalue weighted by atomic mass is 16.5. The van der Waals surface area contributed by atoms with Crippen molar-refractivity contribution < 1.29 is 4.74 Å². The number of hydrogen-bond donors (Lipinski definition) is 1. The van der Waals surface area contributed by atoms with E-state index in [-0.39, 0.29) is 11.1 Å². The maximum absolute atomic E-state index is 5.94. The highest BCUT2D eigenvalue weighted by Gasteiger charge is 2.15. The van der Waals surface area contributed by atoms with Gasteiger partial charge in [0.2, 0.25) is 0 Å². The van der Waals surface area contributed by atoms with E-state index in [4.69, 9.17) is 4.74 Å². The van der Waals surface area contributed by atoms with Gasteiger partial charge < -0.3 is 10.1 Å². The first-order valence-electron chi connectivity index (χ1n) is 8.11. The Labute approximate surface area is 131 Å². The summed E-state index contributed by atoms with van der Waals surface area (Å²) in [4.78, 5) is 0. The minimum atomic E-state index is -0.0391. The van der Waals surface area contributed by atoms with Gasteiger partial charge in [-0.2, -0.15) is 0 Å². The van der Waals surface area contributed by atoms with E-state index in [1.54, 1.807) is 0 Å². The predicted octanol–water partition coefficient (Wildman–Crippen LogP) is 4.88. The van der Waals surface area contributed by atoms with Gasteiger partial charge in [0.1, 0.15) is 0 Å². The van der Waals surface area contributed by atoms with Gasteiger partial charge in [-0.3, -0.25) is 0 Å². The van der Waals surface area contributed by atoms with Crippen LogP contribution in [0.1, 0.15) is 71.9 Å². The summed E-state index contributed by atoms with van der Waals surface area (Å²) >= 11 is 0. The molecule has 0 aliphatic heterocycles. The predicted molar refractivity (Wildman–Crippen MR) is 91.8 cm³/mol. The maximum Gasteiger partial charge on any atom is 0.0724 e. The van der Waals surface area contributed by atoms with Crippen LogP contribution < -0.4 is 5.32 Å². The molecule has 21 heavy (non-hydrogen) atoms. The molecular weight excluding hydrogens is 258 g/mol. The standard InChI is InChI=1S/C19H33NO/c1-8-19(6,7)21-14-16-9-11-17(12-10-16)15(2)13-20-18(3,4)5/h9-12,15,20H,8,13-14H2,1-7H3. The Morgan fingerprint density at radius 3 is 2.10 bits per heavy atom. The average molecular weight is 291 g/mol. The molecule has 0 saturated carbocycles. The molecule has 0 aliphatic carbocycles. The summed E-state index contributed by atoms with van der Waals surface area (Å²) in [6.07, 6.45) is 1.03. The van der Waals surface area contributed by atoms with Crippen molar-refractivity contribution in [2.75, 3.05) is 6.54 Å². The lowest BCUT2D eigenvalue weighted by Crippen LogP contribution is -2.38. The normalized spacial score (nSPS) is 14.2. The molecule has 1 aromatic carbocycles. The molecule has 0 saturated heterocycles. The first kappa shape index (κ1) is 18.2. The summed E-state index contributed by atoms with van der Waals surface area (Å²) < 4.78 is 5.94. The monoisotopic (exact) mass is 291 g/mol. The number of nitrogens with one attached hydrogen (secondary N) is 1. The third kappa shape index (κ3) is 7.10. The summed E-state index contributed by atoms with van der Waals surface area (Å²) in [7, 11) is 0. The molecule has 1 unspecified atom stereocenters. The Balaban J connectivity index is 2.53. The van der Waals surface area contributed by atoms with Crippen molar-refractivity contribution in [3.05, 3.63) is 35.4 Å². The van der Waals surface area contributed by atoms with Gasteiger partial charge in [-0.05, 0) is 58.1 Å². The molecule has 1 aromatic rings. The molecule has 0 amide bonds. The average Bonchev–Trinajstić information content (AvgIpc) is 2.42. The van der Waals surface area contributed by atoms with Gasteiger partial charge in [-0.15, -0.1) is 0 Å². The van der Waals surface area contributed by atoms with Crippen LogP contribution in [-0.2, 0) is 11.3 Å². The quantitative estimate of drug-likeness (QED) is 0.773. The van der Waals surface area contributed by atoms with E-state index in [2.05, 4.69) is 78.0 Å². The third-order valence-corrected chi connectivity index (χ3v) is 3.97. The van der Waals surface area contributed by atoms with Crippen molar-refractivity contribution >= 4 is 0 Å². The Hall–Kier alpha value is -0.860. The lowest BCUT2D eigenvalue weighted by Gasteiger charge is -2.24. The van der Waals surface area contributed by atoms with Gasteiger partial charge >= 0.3 is 0 Å². The fourth-order valence-corrected chi connectivity index (χ4v) is 1.90. The molecule has 0 fully saturated rings. The zero-order chi connectivity index (χ0) is 16.1. The van der Waals surface area contributed by atoms with Crippen molar-refractivity contribution in [3.63, 3.8) is 0 Å². The molecule has 1 rings (SSSR count). The zero-order valence-corrected chi connectivity index (χ0v) is 14.9. The van der Waals surface area contributed by atoms with Crippen molar-refractivity contribution in [1.82, 2.24) is 5.32 Å². The number of ether oxygens (including phenoxy) is 1. The largest absolute Gasteiger partial charge is 0.371 e. The second-order valence-corrected chi connectivity index (χ2v) is 7.68. The topological polar surface area (TPSA) is 21.3 Å². The Bertz CT molecular complexity index is 414.